The van der Waals surface area contributed by atoms with Crippen LogP contribution in [-0.2, 0) is 10.3 Å². The van der Waals surface area contributed by atoms with Crippen molar-refractivity contribution in [3.05, 3.63) is 47.9 Å². The van der Waals surface area contributed by atoms with Crippen molar-refractivity contribution in [1.82, 2.24) is 20.2 Å². The molecular weight excluding hydrogens is 314 g/mol. The Labute approximate surface area is 146 Å². The summed E-state index contributed by atoms with van der Waals surface area (Å²) in [6, 6.07) is 7.78. The summed E-state index contributed by atoms with van der Waals surface area (Å²) in [4.78, 5) is 22.4. The predicted molar refractivity (Wildman–Crippen MR) is 95.6 cm³/mol. The maximum Gasteiger partial charge on any atom is 0.231 e. The third-order valence-electron chi connectivity index (χ3n) is 4.24. The standard InChI is InChI=1S/C19H19N5O/c1-4-6-13-7-5-8-14(9-13)15-11-21-12-16(22-15)19(2)10-17(25)24(3)18(20)23-19/h5,7-9,11-12H,10H2,1-3H3,(H2,20,23)/t19-/m0/s1. The monoisotopic (exact) mass is 333 g/mol. The molecule has 25 heavy (non-hydrogen) atoms. The number of rotatable bonds is 2. The van der Waals surface area contributed by atoms with Crippen molar-refractivity contribution in [3.63, 3.8) is 0 Å². The number of amides is 1. The van der Waals surface area contributed by atoms with Crippen LogP contribution in [0.5, 0.6) is 0 Å². The molecule has 126 valence electrons. The second-order valence-electron chi connectivity index (χ2n) is 6.18. The number of carbonyl (C=O) groups is 1. The first-order chi connectivity index (χ1) is 11.9. The lowest BCUT2D eigenvalue weighted by Gasteiger charge is -2.38. The Kier molecular flexibility index (Phi) is 4.24. The summed E-state index contributed by atoms with van der Waals surface area (Å²) >= 11 is 0. The molecule has 1 aromatic heterocycles. The lowest BCUT2D eigenvalue weighted by molar-refractivity contribution is -0.129. The normalized spacial score (nSPS) is 19.9. The van der Waals surface area contributed by atoms with Crippen LogP contribution in [0.2, 0.25) is 0 Å². The number of benzene rings is 1. The molecule has 0 aliphatic carbocycles. The minimum atomic E-state index is -0.759. The molecular formula is C19H19N5O. The van der Waals surface area contributed by atoms with Gasteiger partial charge in [-0.3, -0.25) is 20.1 Å². The fraction of sp³-hybridized carbons (Fsp3) is 0.263. The van der Waals surface area contributed by atoms with Gasteiger partial charge < -0.3 is 5.32 Å². The fourth-order valence-electron chi connectivity index (χ4n) is 2.76. The summed E-state index contributed by atoms with van der Waals surface area (Å²) in [6.45, 7) is 3.66. The Hall–Kier alpha value is -3.20. The van der Waals surface area contributed by atoms with Gasteiger partial charge in [-0.1, -0.05) is 18.1 Å². The zero-order valence-electron chi connectivity index (χ0n) is 14.4. The molecule has 2 N–H and O–H groups in total. The van der Waals surface area contributed by atoms with Gasteiger partial charge >= 0.3 is 0 Å². The van der Waals surface area contributed by atoms with E-state index in [2.05, 4.69) is 22.1 Å². The van der Waals surface area contributed by atoms with E-state index < -0.39 is 5.54 Å². The van der Waals surface area contributed by atoms with E-state index in [1.165, 1.54) is 4.90 Å². The number of nitrogens with zero attached hydrogens (tertiary/aromatic N) is 3. The van der Waals surface area contributed by atoms with Crippen LogP contribution in [0.1, 0.15) is 31.5 Å². The molecule has 0 saturated carbocycles. The van der Waals surface area contributed by atoms with E-state index in [1.54, 1.807) is 26.4 Å². The molecule has 6 heteroatoms. The van der Waals surface area contributed by atoms with E-state index in [4.69, 9.17) is 10.4 Å². The Morgan fingerprint density at radius 1 is 1.36 bits per heavy atom. The number of aromatic nitrogens is 2. The molecule has 1 saturated heterocycles. The van der Waals surface area contributed by atoms with Crippen molar-refractivity contribution in [3.8, 4) is 23.1 Å². The maximum absolute atomic E-state index is 12.1. The van der Waals surface area contributed by atoms with Crippen LogP contribution in [0.25, 0.3) is 11.3 Å². The first-order valence-corrected chi connectivity index (χ1v) is 7.92. The quantitative estimate of drug-likeness (QED) is 0.825. The highest BCUT2D eigenvalue weighted by Crippen LogP contribution is 2.28. The van der Waals surface area contributed by atoms with Gasteiger partial charge in [0.15, 0.2) is 5.96 Å². The first kappa shape index (κ1) is 16.7. The number of guanidine groups is 1. The van der Waals surface area contributed by atoms with Crippen molar-refractivity contribution >= 4 is 11.9 Å². The van der Waals surface area contributed by atoms with E-state index in [0.29, 0.717) is 11.4 Å². The Bertz CT molecular complexity index is 891. The molecule has 3 rings (SSSR count). The summed E-state index contributed by atoms with van der Waals surface area (Å²) in [5, 5.41) is 11.0. The molecule has 6 nitrogen and oxygen atoms in total. The van der Waals surface area contributed by atoms with E-state index >= 15 is 0 Å². The Balaban J connectivity index is 1.99. The average molecular weight is 333 g/mol. The van der Waals surface area contributed by atoms with Gasteiger partial charge in [0.2, 0.25) is 5.91 Å². The van der Waals surface area contributed by atoms with Crippen LogP contribution in [0.3, 0.4) is 0 Å². The zero-order valence-corrected chi connectivity index (χ0v) is 14.4. The smallest absolute Gasteiger partial charge is 0.231 e. The fourth-order valence-corrected chi connectivity index (χ4v) is 2.76. The third-order valence-corrected chi connectivity index (χ3v) is 4.24. The van der Waals surface area contributed by atoms with Crippen LogP contribution in [-0.4, -0.2) is 33.8 Å². The molecule has 1 fully saturated rings. The van der Waals surface area contributed by atoms with Gasteiger partial charge in [0.05, 0.1) is 35.7 Å². The number of carbonyl (C=O) groups excluding carboxylic acids is 1. The minimum Gasteiger partial charge on any atom is -0.345 e. The average Bonchev–Trinajstić information content (AvgIpc) is 2.60. The van der Waals surface area contributed by atoms with Crippen LogP contribution >= 0.6 is 0 Å². The zero-order chi connectivity index (χ0) is 18.0. The molecule has 0 radical (unpaired) electrons. The summed E-state index contributed by atoms with van der Waals surface area (Å²) in [5.74, 6) is 5.85. The molecule has 1 aliphatic rings. The largest absolute Gasteiger partial charge is 0.345 e. The summed E-state index contributed by atoms with van der Waals surface area (Å²) in [7, 11) is 1.58. The first-order valence-electron chi connectivity index (χ1n) is 7.92. The van der Waals surface area contributed by atoms with Gasteiger partial charge in [-0.2, -0.15) is 0 Å². The highest BCUT2D eigenvalue weighted by molar-refractivity contribution is 5.98. The van der Waals surface area contributed by atoms with Gasteiger partial charge in [0.1, 0.15) is 0 Å². The van der Waals surface area contributed by atoms with Crippen molar-refractivity contribution in [1.29, 1.82) is 5.41 Å². The number of hydrogen-bond acceptors (Lipinski definition) is 4. The van der Waals surface area contributed by atoms with E-state index in [1.807, 2.05) is 31.2 Å². The molecule has 1 aliphatic heterocycles. The molecule has 0 spiro atoms. The molecule has 1 aromatic carbocycles. The molecule has 0 unspecified atom stereocenters. The highest BCUT2D eigenvalue weighted by atomic mass is 16.2. The van der Waals surface area contributed by atoms with Gasteiger partial charge in [0.25, 0.3) is 0 Å². The van der Waals surface area contributed by atoms with Crippen molar-refractivity contribution in [2.75, 3.05) is 7.05 Å². The minimum absolute atomic E-state index is 0.0613. The predicted octanol–water partition coefficient (Wildman–Crippen LogP) is 2.12. The third kappa shape index (κ3) is 3.22. The second kappa shape index (κ2) is 6.36. The summed E-state index contributed by atoms with van der Waals surface area (Å²) < 4.78 is 0. The molecule has 2 heterocycles. The number of hydrogen-bond donors (Lipinski definition) is 2. The Morgan fingerprint density at radius 2 is 2.16 bits per heavy atom. The lowest BCUT2D eigenvalue weighted by atomic mass is 9.91. The van der Waals surface area contributed by atoms with Gasteiger partial charge in [0, 0.05) is 18.2 Å². The molecule has 0 bridgehead atoms. The molecule has 2 aromatic rings. The van der Waals surface area contributed by atoms with Crippen LogP contribution < -0.4 is 5.32 Å². The summed E-state index contributed by atoms with van der Waals surface area (Å²) in [5.41, 5.74) is 2.39. The van der Waals surface area contributed by atoms with Crippen molar-refractivity contribution in [2.45, 2.75) is 25.8 Å². The maximum atomic E-state index is 12.1. The molecule has 1 atom stereocenters. The number of nitrogens with one attached hydrogen (secondary N) is 2. The highest BCUT2D eigenvalue weighted by Gasteiger charge is 2.39. The van der Waals surface area contributed by atoms with Gasteiger partial charge in [-0.05, 0) is 26.0 Å². The van der Waals surface area contributed by atoms with Crippen molar-refractivity contribution < 1.29 is 4.79 Å². The second-order valence-corrected chi connectivity index (χ2v) is 6.18. The van der Waals surface area contributed by atoms with Crippen LogP contribution in [0, 0.1) is 17.3 Å². The van der Waals surface area contributed by atoms with Crippen LogP contribution in [0.4, 0.5) is 0 Å². The topological polar surface area (TPSA) is 82.0 Å². The van der Waals surface area contributed by atoms with E-state index in [0.717, 1.165) is 11.1 Å². The lowest BCUT2D eigenvalue weighted by Crippen LogP contribution is -2.58. The van der Waals surface area contributed by atoms with Gasteiger partial charge in [-0.25, -0.2) is 4.98 Å². The van der Waals surface area contributed by atoms with Gasteiger partial charge in [-0.15, -0.1) is 5.92 Å². The van der Waals surface area contributed by atoms with E-state index in [9.17, 15) is 4.79 Å². The Morgan fingerprint density at radius 3 is 2.88 bits per heavy atom. The van der Waals surface area contributed by atoms with E-state index in [-0.39, 0.29) is 18.3 Å². The van der Waals surface area contributed by atoms with Crippen LogP contribution in [0.15, 0.2) is 36.7 Å². The van der Waals surface area contributed by atoms with Crippen molar-refractivity contribution in [2.24, 2.45) is 0 Å². The molecule has 1 amide bonds. The summed E-state index contributed by atoms with van der Waals surface area (Å²) in [6.07, 6.45) is 3.54. The SMILES string of the molecule is CC#Cc1cccc(-c2cncc([C@]3(C)CC(=O)N(C)C(=N)N3)n2)c1.